The lowest BCUT2D eigenvalue weighted by Crippen LogP contribution is -2.53. The van der Waals surface area contributed by atoms with Gasteiger partial charge in [-0.15, -0.1) is 0 Å². The zero-order valence-electron chi connectivity index (χ0n) is 23.7. The first-order valence-electron chi connectivity index (χ1n) is 13.5. The second kappa shape index (κ2) is 13.9. The number of hydrogen-bond acceptors (Lipinski definition) is 4. The average Bonchev–Trinajstić information content (AvgIpc) is 2.93. The average molecular weight is 629 g/mol. The van der Waals surface area contributed by atoms with E-state index in [9.17, 15) is 18.0 Å². The summed E-state index contributed by atoms with van der Waals surface area (Å²) in [5.41, 5.74) is 3.15. The van der Waals surface area contributed by atoms with Crippen LogP contribution in [-0.4, -0.2) is 43.8 Å². The van der Waals surface area contributed by atoms with E-state index in [1.807, 2.05) is 58.9 Å². The molecular formula is C31H38BrN3O4S. The second-order valence-corrected chi connectivity index (χ2v) is 12.8. The van der Waals surface area contributed by atoms with Gasteiger partial charge in [0.05, 0.1) is 10.6 Å². The van der Waals surface area contributed by atoms with Crippen LogP contribution in [0.3, 0.4) is 0 Å². The van der Waals surface area contributed by atoms with E-state index in [1.165, 1.54) is 4.90 Å². The van der Waals surface area contributed by atoms with Crippen molar-refractivity contribution in [3.05, 3.63) is 94.0 Å². The van der Waals surface area contributed by atoms with Crippen molar-refractivity contribution in [3.8, 4) is 0 Å². The van der Waals surface area contributed by atoms with Gasteiger partial charge in [0.1, 0.15) is 12.6 Å². The van der Waals surface area contributed by atoms with E-state index in [1.54, 1.807) is 48.5 Å². The van der Waals surface area contributed by atoms with Gasteiger partial charge in [-0.1, -0.05) is 71.7 Å². The van der Waals surface area contributed by atoms with Crippen molar-refractivity contribution in [2.24, 2.45) is 0 Å². The molecule has 0 aliphatic carbocycles. The van der Waals surface area contributed by atoms with Gasteiger partial charge in [0, 0.05) is 17.1 Å². The number of amides is 2. The van der Waals surface area contributed by atoms with Crippen molar-refractivity contribution < 1.29 is 18.0 Å². The number of nitrogens with one attached hydrogen (secondary N) is 1. The fourth-order valence-electron chi connectivity index (χ4n) is 4.31. The first-order chi connectivity index (χ1) is 19.0. The Hall–Kier alpha value is -3.17. The summed E-state index contributed by atoms with van der Waals surface area (Å²) in [6.07, 6.45) is 1.13. The number of benzene rings is 3. The minimum atomic E-state index is -4.10. The van der Waals surface area contributed by atoms with Crippen LogP contribution in [-0.2, 0) is 26.2 Å². The monoisotopic (exact) mass is 627 g/mol. The molecule has 0 aliphatic heterocycles. The van der Waals surface area contributed by atoms with Crippen molar-refractivity contribution in [3.63, 3.8) is 0 Å². The zero-order valence-corrected chi connectivity index (χ0v) is 26.1. The van der Waals surface area contributed by atoms with Crippen LogP contribution in [0.15, 0.2) is 82.2 Å². The summed E-state index contributed by atoms with van der Waals surface area (Å²) in [5, 5.41) is 3.00. The predicted molar refractivity (Wildman–Crippen MR) is 164 cm³/mol. The molecule has 40 heavy (non-hydrogen) atoms. The molecule has 0 aromatic heterocycles. The lowest BCUT2D eigenvalue weighted by molar-refractivity contribution is -0.140. The molecule has 3 rings (SSSR count). The van der Waals surface area contributed by atoms with Crippen LogP contribution in [0.1, 0.15) is 50.3 Å². The molecule has 1 N–H and O–H groups in total. The number of aryl methyl sites for hydroxylation is 2. The minimum Gasteiger partial charge on any atom is -0.352 e. The Morgan fingerprint density at radius 2 is 1.52 bits per heavy atom. The van der Waals surface area contributed by atoms with Crippen molar-refractivity contribution in [2.75, 3.05) is 10.8 Å². The molecule has 0 aliphatic rings. The Morgan fingerprint density at radius 1 is 0.900 bits per heavy atom. The number of carbonyl (C=O) groups is 2. The molecule has 3 aromatic carbocycles. The van der Waals surface area contributed by atoms with Crippen LogP contribution in [0, 0.1) is 13.8 Å². The minimum absolute atomic E-state index is 0.0573. The number of carbonyl (C=O) groups excluding carboxylic acids is 2. The molecule has 0 bridgehead atoms. The summed E-state index contributed by atoms with van der Waals surface area (Å²) in [5.74, 6) is -0.719. The maximum Gasteiger partial charge on any atom is 0.264 e. The van der Waals surface area contributed by atoms with Crippen LogP contribution < -0.4 is 9.62 Å². The number of hydrogen-bond donors (Lipinski definition) is 1. The van der Waals surface area contributed by atoms with E-state index in [2.05, 4.69) is 21.2 Å². The van der Waals surface area contributed by atoms with Crippen molar-refractivity contribution >= 4 is 43.5 Å². The smallest absolute Gasteiger partial charge is 0.264 e. The van der Waals surface area contributed by atoms with E-state index in [4.69, 9.17) is 0 Å². The topological polar surface area (TPSA) is 86.8 Å². The lowest BCUT2D eigenvalue weighted by Gasteiger charge is -2.34. The Kier molecular flexibility index (Phi) is 10.9. The standard InChI is InChI=1S/C31H38BrN3O4S/c1-6-24(5)33-31(37)29(7-2)34(20-25-11-9-8-10-23(25)4)30(36)21-35(27-16-14-26(32)15-17-27)40(38,39)28-18-12-22(3)13-19-28/h8-19,24,29H,6-7,20-21H2,1-5H3,(H,33,37)/t24-,29-/m0/s1. The maximum absolute atomic E-state index is 14.1. The van der Waals surface area contributed by atoms with E-state index in [0.717, 1.165) is 31.9 Å². The van der Waals surface area contributed by atoms with Gasteiger partial charge in [-0.25, -0.2) is 8.42 Å². The van der Waals surface area contributed by atoms with Crippen LogP contribution in [0.25, 0.3) is 0 Å². The Balaban J connectivity index is 2.06. The highest BCUT2D eigenvalue weighted by Gasteiger charge is 2.34. The molecule has 0 unspecified atom stereocenters. The molecule has 0 heterocycles. The molecule has 2 atom stereocenters. The fraction of sp³-hybridized carbons (Fsp3) is 0.355. The maximum atomic E-state index is 14.1. The highest BCUT2D eigenvalue weighted by atomic mass is 79.9. The van der Waals surface area contributed by atoms with Crippen molar-refractivity contribution in [1.29, 1.82) is 0 Å². The molecule has 0 radical (unpaired) electrons. The van der Waals surface area contributed by atoms with Gasteiger partial charge in [-0.05, 0) is 81.1 Å². The quantitative estimate of drug-likeness (QED) is 0.267. The number of sulfonamides is 1. The molecule has 0 saturated heterocycles. The largest absolute Gasteiger partial charge is 0.352 e. The number of rotatable bonds is 12. The molecular weight excluding hydrogens is 590 g/mol. The van der Waals surface area contributed by atoms with Crippen LogP contribution >= 0.6 is 15.9 Å². The van der Waals surface area contributed by atoms with Gasteiger partial charge in [0.25, 0.3) is 10.0 Å². The zero-order chi connectivity index (χ0) is 29.4. The number of halogens is 1. The van der Waals surface area contributed by atoms with E-state index in [-0.39, 0.29) is 23.4 Å². The van der Waals surface area contributed by atoms with Crippen LogP contribution in [0.5, 0.6) is 0 Å². The normalized spacial score (nSPS) is 12.8. The third kappa shape index (κ3) is 7.73. The van der Waals surface area contributed by atoms with E-state index in [0.29, 0.717) is 12.1 Å². The lowest BCUT2D eigenvalue weighted by atomic mass is 10.1. The van der Waals surface area contributed by atoms with Gasteiger partial charge in [-0.3, -0.25) is 13.9 Å². The highest BCUT2D eigenvalue weighted by Crippen LogP contribution is 2.27. The summed E-state index contributed by atoms with van der Waals surface area (Å²) in [6.45, 7) is 9.30. The van der Waals surface area contributed by atoms with Gasteiger partial charge < -0.3 is 10.2 Å². The Morgan fingerprint density at radius 3 is 2.10 bits per heavy atom. The van der Waals surface area contributed by atoms with Gasteiger partial charge in [0.15, 0.2) is 0 Å². The van der Waals surface area contributed by atoms with Gasteiger partial charge in [-0.2, -0.15) is 0 Å². The summed E-state index contributed by atoms with van der Waals surface area (Å²) < 4.78 is 29.7. The predicted octanol–water partition coefficient (Wildman–Crippen LogP) is 5.98. The Labute approximate surface area is 246 Å². The van der Waals surface area contributed by atoms with Gasteiger partial charge in [0.2, 0.25) is 11.8 Å². The van der Waals surface area contributed by atoms with E-state index < -0.39 is 28.5 Å². The SMILES string of the molecule is CC[C@H](C)NC(=O)[C@H](CC)N(Cc1ccccc1C)C(=O)CN(c1ccc(Br)cc1)S(=O)(=O)c1ccc(C)cc1. The van der Waals surface area contributed by atoms with Crippen molar-refractivity contribution in [1.82, 2.24) is 10.2 Å². The van der Waals surface area contributed by atoms with Crippen LogP contribution in [0.2, 0.25) is 0 Å². The van der Waals surface area contributed by atoms with Crippen LogP contribution in [0.4, 0.5) is 5.69 Å². The summed E-state index contributed by atoms with van der Waals surface area (Å²) in [7, 11) is -4.10. The molecule has 0 fully saturated rings. The number of nitrogens with zero attached hydrogens (tertiary/aromatic N) is 2. The molecule has 7 nitrogen and oxygen atoms in total. The van der Waals surface area contributed by atoms with Crippen molar-refractivity contribution in [2.45, 2.75) is 71.0 Å². The molecule has 2 amide bonds. The molecule has 0 spiro atoms. The molecule has 3 aromatic rings. The first kappa shape index (κ1) is 31.4. The third-order valence-electron chi connectivity index (χ3n) is 6.99. The summed E-state index contributed by atoms with van der Waals surface area (Å²) >= 11 is 3.40. The Bertz CT molecular complexity index is 1410. The fourth-order valence-corrected chi connectivity index (χ4v) is 5.98. The molecule has 9 heteroatoms. The second-order valence-electron chi connectivity index (χ2n) is 9.99. The highest BCUT2D eigenvalue weighted by molar-refractivity contribution is 9.10. The summed E-state index contributed by atoms with van der Waals surface area (Å²) in [4.78, 5) is 29.1. The first-order valence-corrected chi connectivity index (χ1v) is 15.7. The molecule has 214 valence electrons. The summed E-state index contributed by atoms with van der Waals surface area (Å²) in [6, 6.07) is 20.2. The van der Waals surface area contributed by atoms with Gasteiger partial charge >= 0.3 is 0 Å². The van der Waals surface area contributed by atoms with E-state index >= 15 is 0 Å². The third-order valence-corrected chi connectivity index (χ3v) is 9.31. The molecule has 0 saturated carbocycles. The number of anilines is 1.